The van der Waals surface area contributed by atoms with Crippen LogP contribution < -0.4 is 5.32 Å². The minimum atomic E-state index is -0.824. The lowest BCUT2D eigenvalue weighted by Gasteiger charge is -2.14. The lowest BCUT2D eigenvalue weighted by molar-refractivity contribution is -0.137. The summed E-state index contributed by atoms with van der Waals surface area (Å²) in [6.45, 7) is 10.4. The van der Waals surface area contributed by atoms with Gasteiger partial charge in [0, 0.05) is 20.3 Å². The number of ether oxygens (including phenoxy) is 2. The summed E-state index contributed by atoms with van der Waals surface area (Å²) >= 11 is 0. The Morgan fingerprint density at radius 2 is 1.31 bits per heavy atom. The number of nitrogens with one attached hydrogen (secondary N) is 1. The van der Waals surface area contributed by atoms with E-state index < -0.39 is 20.0 Å². The largest absolute Gasteiger partial charge is 0.463 e. The molecule has 0 saturated carbocycles. The number of rotatable bonds is 20. The average molecular weight is 504 g/mol. The number of hydrogen-bond acceptors (Lipinski definition) is 5. The summed E-state index contributed by atoms with van der Waals surface area (Å²) in [5.74, 6) is -1.04. The quantitative estimate of drug-likeness (QED) is 0.0636. The number of esters is 2. The highest BCUT2D eigenvalue weighted by atomic mass is 28.3. The maximum atomic E-state index is 12.0. The van der Waals surface area contributed by atoms with Gasteiger partial charge in [-0.1, -0.05) is 96.3 Å². The number of unbranched alkanes of at least 4 members (excludes halogenated alkanes) is 11. The highest BCUT2D eigenvalue weighted by molar-refractivity contribution is 6.76. The van der Waals surface area contributed by atoms with E-state index in [0.717, 1.165) is 31.0 Å². The Kier molecular flexibility index (Phi) is 16.9. The van der Waals surface area contributed by atoms with Crippen LogP contribution in [0.2, 0.25) is 25.7 Å². The van der Waals surface area contributed by atoms with Crippen molar-refractivity contribution in [3.8, 4) is 0 Å². The number of carbonyl (C=O) groups is 2. The fraction of sp³-hybridized carbons (Fsp3) is 0.655. The van der Waals surface area contributed by atoms with Crippen LogP contribution in [-0.4, -0.2) is 33.2 Å². The van der Waals surface area contributed by atoms with Crippen molar-refractivity contribution in [3.63, 3.8) is 0 Å². The Hall–Kier alpha value is -2.08. The highest BCUT2D eigenvalue weighted by Gasteiger charge is 2.11. The molecule has 0 aliphatic rings. The summed E-state index contributed by atoms with van der Waals surface area (Å²) in [6.07, 6.45) is 18.5. The van der Waals surface area contributed by atoms with E-state index in [4.69, 9.17) is 9.47 Å². The molecule has 1 aromatic rings. The highest BCUT2D eigenvalue weighted by Crippen LogP contribution is 2.17. The van der Waals surface area contributed by atoms with Gasteiger partial charge in [-0.05, 0) is 37.6 Å². The lowest BCUT2D eigenvalue weighted by atomic mass is 10.1. The van der Waals surface area contributed by atoms with Crippen LogP contribution in [0.5, 0.6) is 0 Å². The van der Waals surface area contributed by atoms with Gasteiger partial charge in [0.05, 0.1) is 18.2 Å². The summed E-state index contributed by atoms with van der Waals surface area (Å²) in [5, 5.41) is 3.41. The van der Waals surface area contributed by atoms with Crippen molar-refractivity contribution < 1.29 is 19.1 Å². The van der Waals surface area contributed by atoms with Crippen molar-refractivity contribution in [2.75, 3.05) is 18.5 Å². The second-order valence-electron chi connectivity index (χ2n) is 10.5. The van der Waals surface area contributed by atoms with E-state index in [1.54, 1.807) is 19.1 Å². The molecule has 0 saturated heterocycles. The van der Waals surface area contributed by atoms with E-state index in [1.165, 1.54) is 76.7 Å². The molecule has 1 aromatic carbocycles. The van der Waals surface area contributed by atoms with Gasteiger partial charge in [0.1, 0.15) is 6.26 Å². The third-order valence-corrected chi connectivity index (χ3v) is 7.82. The average Bonchev–Trinajstić information content (AvgIpc) is 2.81. The van der Waals surface area contributed by atoms with Gasteiger partial charge in [-0.15, -0.1) is 0 Å². The molecule has 1 N–H and O–H groups in total. The van der Waals surface area contributed by atoms with Crippen molar-refractivity contribution in [2.45, 2.75) is 110 Å². The summed E-state index contributed by atoms with van der Waals surface area (Å²) in [7, 11) is -0.824. The van der Waals surface area contributed by atoms with E-state index >= 15 is 0 Å². The fourth-order valence-electron chi connectivity index (χ4n) is 3.91. The number of hydrogen-bond donors (Lipinski definition) is 1. The van der Waals surface area contributed by atoms with E-state index in [-0.39, 0.29) is 6.61 Å². The van der Waals surface area contributed by atoms with Crippen LogP contribution in [0, 0.1) is 0 Å². The molecule has 0 aliphatic carbocycles. The summed E-state index contributed by atoms with van der Waals surface area (Å²) in [6, 6.07) is 8.67. The zero-order chi connectivity index (χ0) is 25.8. The number of anilines is 1. The maximum Gasteiger partial charge on any atom is 0.342 e. The fourth-order valence-corrected chi connectivity index (χ4v) is 5.23. The van der Waals surface area contributed by atoms with Gasteiger partial charge in [0.15, 0.2) is 0 Å². The number of carbonyl (C=O) groups excluding carboxylic acids is 2. The molecule has 198 valence electrons. The van der Waals surface area contributed by atoms with E-state index in [9.17, 15) is 9.59 Å². The molecule has 0 aliphatic heterocycles. The summed E-state index contributed by atoms with van der Waals surface area (Å²) in [5.41, 5.74) is 1.43. The Labute approximate surface area is 215 Å². The molecule has 0 fully saturated rings. The van der Waals surface area contributed by atoms with Crippen molar-refractivity contribution >= 4 is 25.7 Å². The molecular formula is C29H49NO4Si. The van der Waals surface area contributed by atoms with E-state index in [1.807, 2.05) is 12.1 Å². The van der Waals surface area contributed by atoms with Crippen molar-refractivity contribution in [2.24, 2.45) is 0 Å². The van der Waals surface area contributed by atoms with Crippen molar-refractivity contribution in [1.82, 2.24) is 0 Å². The Morgan fingerprint density at radius 1 is 0.800 bits per heavy atom. The molecule has 6 heteroatoms. The van der Waals surface area contributed by atoms with Gasteiger partial charge in [-0.2, -0.15) is 0 Å². The molecule has 0 amide bonds. The van der Waals surface area contributed by atoms with Crippen LogP contribution in [0.15, 0.2) is 36.6 Å². The SMILES string of the molecule is CCOC(=O)/C=C/OC(=O)c1ccc(NCCCCCCCCCCCCCC[Si](C)(C)C)cc1. The van der Waals surface area contributed by atoms with Crippen LogP contribution in [0.4, 0.5) is 5.69 Å². The monoisotopic (exact) mass is 503 g/mol. The Balaban J connectivity index is 1.98. The molecule has 1 rings (SSSR count). The maximum absolute atomic E-state index is 12.0. The molecule has 0 atom stereocenters. The second-order valence-corrected chi connectivity index (χ2v) is 16.1. The molecule has 0 bridgehead atoms. The van der Waals surface area contributed by atoms with Crippen LogP contribution >= 0.6 is 0 Å². The predicted octanol–water partition coefficient (Wildman–Crippen LogP) is 8.35. The second kappa shape index (κ2) is 19.1. The van der Waals surface area contributed by atoms with Crippen LogP contribution in [-0.2, 0) is 14.3 Å². The lowest BCUT2D eigenvalue weighted by Crippen LogP contribution is -2.18. The van der Waals surface area contributed by atoms with Crippen LogP contribution in [0.1, 0.15) is 94.3 Å². The summed E-state index contributed by atoms with van der Waals surface area (Å²) < 4.78 is 9.67. The van der Waals surface area contributed by atoms with Gasteiger partial charge in [0.25, 0.3) is 0 Å². The van der Waals surface area contributed by atoms with Crippen LogP contribution in [0.3, 0.4) is 0 Å². The zero-order valence-electron chi connectivity index (χ0n) is 22.7. The first kappa shape index (κ1) is 30.9. The normalized spacial score (nSPS) is 11.5. The van der Waals surface area contributed by atoms with Gasteiger partial charge < -0.3 is 14.8 Å². The minimum Gasteiger partial charge on any atom is -0.463 e. The molecule has 0 radical (unpaired) electrons. The standard InChI is InChI=1S/C29H49NO4Si/c1-5-33-28(31)22-24-34-29(32)26-18-20-27(21-19-26)30-23-16-14-12-10-8-6-7-9-11-13-15-17-25-35(2,3)4/h18-22,24,30H,5-17,23,25H2,1-4H3/b24-22+. The first-order valence-corrected chi connectivity index (χ1v) is 17.4. The molecule has 0 unspecified atom stereocenters. The zero-order valence-corrected chi connectivity index (χ0v) is 23.7. The molecular weight excluding hydrogens is 454 g/mol. The minimum absolute atomic E-state index is 0.283. The molecule has 0 heterocycles. The van der Waals surface area contributed by atoms with Gasteiger partial charge in [-0.25, -0.2) is 9.59 Å². The van der Waals surface area contributed by atoms with E-state index in [0.29, 0.717) is 5.56 Å². The van der Waals surface area contributed by atoms with Crippen LogP contribution in [0.25, 0.3) is 0 Å². The molecule has 0 spiro atoms. The Morgan fingerprint density at radius 3 is 1.83 bits per heavy atom. The Bertz CT molecular complexity index is 725. The van der Waals surface area contributed by atoms with Gasteiger partial charge in [-0.3, -0.25) is 0 Å². The van der Waals surface area contributed by atoms with Gasteiger partial charge >= 0.3 is 11.9 Å². The van der Waals surface area contributed by atoms with Crippen molar-refractivity contribution in [1.29, 1.82) is 0 Å². The third kappa shape index (κ3) is 17.9. The molecule has 5 nitrogen and oxygen atoms in total. The van der Waals surface area contributed by atoms with Gasteiger partial charge in [0.2, 0.25) is 0 Å². The van der Waals surface area contributed by atoms with Crippen molar-refractivity contribution in [3.05, 3.63) is 42.2 Å². The topological polar surface area (TPSA) is 64.6 Å². The van der Waals surface area contributed by atoms with E-state index in [2.05, 4.69) is 25.0 Å². The summed E-state index contributed by atoms with van der Waals surface area (Å²) in [4.78, 5) is 23.2. The molecule has 0 aromatic heterocycles. The smallest absolute Gasteiger partial charge is 0.342 e. The first-order valence-electron chi connectivity index (χ1n) is 13.7. The number of benzene rings is 1. The predicted molar refractivity (Wildman–Crippen MR) is 150 cm³/mol. The third-order valence-electron chi connectivity index (χ3n) is 5.97. The molecule has 35 heavy (non-hydrogen) atoms. The first-order chi connectivity index (χ1) is 16.8.